The summed E-state index contributed by atoms with van der Waals surface area (Å²) in [6, 6.07) is 4.37. The molecule has 0 amide bonds. The van der Waals surface area contributed by atoms with Gasteiger partial charge < -0.3 is 4.74 Å². The lowest BCUT2D eigenvalue weighted by molar-refractivity contribution is 0.000696. The number of hydrogen-bond donors (Lipinski definition) is 0. The molecule has 0 N–H and O–H groups in total. The van der Waals surface area contributed by atoms with Crippen LogP contribution in [0.15, 0.2) is 18.2 Å². The first kappa shape index (κ1) is 14.0. The SMILES string of the molecule is CCC1CCCCC1OC(=O)c1ccc(F)c(C)c1. The van der Waals surface area contributed by atoms with E-state index in [0.29, 0.717) is 17.0 Å². The summed E-state index contributed by atoms with van der Waals surface area (Å²) >= 11 is 0. The molecule has 0 heterocycles. The number of ether oxygens (including phenoxy) is 1. The van der Waals surface area contributed by atoms with Crippen LogP contribution in [-0.2, 0) is 4.74 Å². The summed E-state index contributed by atoms with van der Waals surface area (Å²) in [6.45, 7) is 3.79. The summed E-state index contributed by atoms with van der Waals surface area (Å²) in [6.07, 6.45) is 5.50. The van der Waals surface area contributed by atoms with E-state index in [9.17, 15) is 9.18 Å². The lowest BCUT2D eigenvalue weighted by Crippen LogP contribution is -2.29. The molecule has 2 nitrogen and oxygen atoms in total. The standard InChI is InChI=1S/C16H21FO2/c1-3-12-6-4-5-7-15(12)19-16(18)13-8-9-14(17)11(2)10-13/h8-10,12,15H,3-7H2,1-2H3. The van der Waals surface area contributed by atoms with Crippen molar-refractivity contribution in [1.29, 1.82) is 0 Å². The summed E-state index contributed by atoms with van der Waals surface area (Å²) in [5, 5.41) is 0. The second kappa shape index (κ2) is 6.18. The molecule has 0 radical (unpaired) electrons. The molecule has 19 heavy (non-hydrogen) atoms. The molecule has 2 unspecified atom stereocenters. The monoisotopic (exact) mass is 264 g/mol. The predicted octanol–water partition coefficient (Wildman–Crippen LogP) is 4.26. The summed E-state index contributed by atoms with van der Waals surface area (Å²) in [4.78, 5) is 12.1. The number of aryl methyl sites for hydroxylation is 1. The summed E-state index contributed by atoms with van der Waals surface area (Å²) in [5.74, 6) is -0.145. The third-order valence-electron chi connectivity index (χ3n) is 4.02. The molecule has 2 rings (SSSR count). The number of halogens is 1. The minimum absolute atomic E-state index is 0.0246. The highest BCUT2D eigenvalue weighted by atomic mass is 19.1. The largest absolute Gasteiger partial charge is 0.458 e. The summed E-state index contributed by atoms with van der Waals surface area (Å²) in [5.41, 5.74) is 0.921. The van der Waals surface area contributed by atoms with Gasteiger partial charge in [-0.3, -0.25) is 0 Å². The lowest BCUT2D eigenvalue weighted by atomic mass is 9.85. The van der Waals surface area contributed by atoms with E-state index in [1.807, 2.05) is 0 Å². The smallest absolute Gasteiger partial charge is 0.338 e. The zero-order valence-corrected chi connectivity index (χ0v) is 11.6. The van der Waals surface area contributed by atoms with Crippen LogP contribution in [0, 0.1) is 18.7 Å². The second-order valence-electron chi connectivity index (χ2n) is 5.36. The van der Waals surface area contributed by atoms with E-state index in [-0.39, 0.29) is 17.9 Å². The normalized spacial score (nSPS) is 23.1. The number of esters is 1. The van der Waals surface area contributed by atoms with Gasteiger partial charge in [0.2, 0.25) is 0 Å². The van der Waals surface area contributed by atoms with Gasteiger partial charge in [0.15, 0.2) is 0 Å². The van der Waals surface area contributed by atoms with Crippen molar-refractivity contribution < 1.29 is 13.9 Å². The highest BCUT2D eigenvalue weighted by molar-refractivity contribution is 5.89. The Morgan fingerprint density at radius 2 is 2.11 bits per heavy atom. The van der Waals surface area contributed by atoms with E-state index in [2.05, 4.69) is 6.92 Å². The Morgan fingerprint density at radius 3 is 2.79 bits per heavy atom. The lowest BCUT2D eigenvalue weighted by Gasteiger charge is -2.30. The minimum atomic E-state index is -0.326. The average molecular weight is 264 g/mol. The first-order valence-electron chi connectivity index (χ1n) is 7.09. The van der Waals surface area contributed by atoms with E-state index < -0.39 is 0 Å². The third kappa shape index (κ3) is 3.34. The molecule has 1 saturated carbocycles. The number of hydrogen-bond acceptors (Lipinski definition) is 2. The van der Waals surface area contributed by atoms with E-state index in [0.717, 1.165) is 25.7 Å². The van der Waals surface area contributed by atoms with Gasteiger partial charge >= 0.3 is 5.97 Å². The van der Waals surface area contributed by atoms with Gasteiger partial charge in [-0.1, -0.05) is 13.3 Å². The van der Waals surface area contributed by atoms with E-state index in [1.54, 1.807) is 13.0 Å². The van der Waals surface area contributed by atoms with Gasteiger partial charge in [-0.05, 0) is 62.3 Å². The predicted molar refractivity (Wildman–Crippen MR) is 72.6 cm³/mol. The van der Waals surface area contributed by atoms with Crippen molar-refractivity contribution in [2.75, 3.05) is 0 Å². The molecule has 2 atom stereocenters. The first-order chi connectivity index (χ1) is 9.11. The molecule has 1 aliphatic rings. The van der Waals surface area contributed by atoms with E-state index in [1.165, 1.54) is 18.6 Å². The first-order valence-corrected chi connectivity index (χ1v) is 7.09. The Hall–Kier alpha value is -1.38. The molecular formula is C16H21FO2. The molecule has 3 heteroatoms. The number of rotatable bonds is 3. The van der Waals surface area contributed by atoms with Crippen LogP contribution >= 0.6 is 0 Å². The maximum Gasteiger partial charge on any atom is 0.338 e. The minimum Gasteiger partial charge on any atom is -0.458 e. The van der Waals surface area contributed by atoms with Crippen molar-refractivity contribution in [3.05, 3.63) is 35.1 Å². The van der Waals surface area contributed by atoms with Crippen LogP contribution < -0.4 is 0 Å². The summed E-state index contributed by atoms with van der Waals surface area (Å²) < 4.78 is 18.8. The van der Waals surface area contributed by atoms with Crippen LogP contribution in [0.4, 0.5) is 4.39 Å². The van der Waals surface area contributed by atoms with E-state index >= 15 is 0 Å². The molecular weight excluding hydrogens is 243 g/mol. The Bertz CT molecular complexity index is 456. The molecule has 0 saturated heterocycles. The van der Waals surface area contributed by atoms with Gasteiger partial charge in [0.25, 0.3) is 0 Å². The van der Waals surface area contributed by atoms with Crippen molar-refractivity contribution in [3.63, 3.8) is 0 Å². The molecule has 104 valence electrons. The Kier molecular flexibility index (Phi) is 4.56. The fourth-order valence-corrected chi connectivity index (χ4v) is 2.77. The Labute approximate surface area is 114 Å². The van der Waals surface area contributed by atoms with Crippen LogP contribution in [-0.4, -0.2) is 12.1 Å². The Morgan fingerprint density at radius 1 is 1.37 bits per heavy atom. The van der Waals surface area contributed by atoms with Gasteiger partial charge in [-0.25, -0.2) is 9.18 Å². The molecule has 1 aromatic carbocycles. The fraction of sp³-hybridized carbons (Fsp3) is 0.562. The number of benzene rings is 1. The van der Waals surface area contributed by atoms with Crippen molar-refractivity contribution in [3.8, 4) is 0 Å². The molecule has 0 spiro atoms. The number of carbonyl (C=O) groups excluding carboxylic acids is 1. The van der Waals surface area contributed by atoms with Crippen molar-refractivity contribution >= 4 is 5.97 Å². The van der Waals surface area contributed by atoms with Crippen LogP contribution in [0.1, 0.15) is 54.9 Å². The zero-order valence-electron chi connectivity index (χ0n) is 11.6. The van der Waals surface area contributed by atoms with Crippen LogP contribution in [0.3, 0.4) is 0 Å². The molecule has 0 aromatic heterocycles. The Balaban J connectivity index is 2.05. The quantitative estimate of drug-likeness (QED) is 0.762. The number of carbonyl (C=O) groups is 1. The van der Waals surface area contributed by atoms with Crippen LogP contribution in [0.2, 0.25) is 0 Å². The van der Waals surface area contributed by atoms with E-state index in [4.69, 9.17) is 4.74 Å². The zero-order chi connectivity index (χ0) is 13.8. The average Bonchev–Trinajstić information content (AvgIpc) is 2.42. The van der Waals surface area contributed by atoms with Gasteiger partial charge in [0.05, 0.1) is 5.56 Å². The molecule has 1 fully saturated rings. The molecule has 0 bridgehead atoms. The van der Waals surface area contributed by atoms with Gasteiger partial charge in [0.1, 0.15) is 11.9 Å². The van der Waals surface area contributed by atoms with Gasteiger partial charge in [-0.2, -0.15) is 0 Å². The topological polar surface area (TPSA) is 26.3 Å². The highest BCUT2D eigenvalue weighted by Gasteiger charge is 2.27. The molecule has 1 aromatic rings. The third-order valence-corrected chi connectivity index (χ3v) is 4.02. The second-order valence-corrected chi connectivity index (χ2v) is 5.36. The van der Waals surface area contributed by atoms with Crippen molar-refractivity contribution in [2.45, 2.75) is 52.1 Å². The van der Waals surface area contributed by atoms with Crippen LogP contribution in [0.25, 0.3) is 0 Å². The maximum absolute atomic E-state index is 13.2. The van der Waals surface area contributed by atoms with Crippen molar-refractivity contribution in [2.24, 2.45) is 5.92 Å². The van der Waals surface area contributed by atoms with Gasteiger partial charge in [-0.15, -0.1) is 0 Å². The van der Waals surface area contributed by atoms with Crippen LogP contribution in [0.5, 0.6) is 0 Å². The van der Waals surface area contributed by atoms with Crippen molar-refractivity contribution in [1.82, 2.24) is 0 Å². The fourth-order valence-electron chi connectivity index (χ4n) is 2.77. The van der Waals surface area contributed by atoms with Gasteiger partial charge in [0, 0.05) is 0 Å². The molecule has 1 aliphatic carbocycles. The maximum atomic E-state index is 13.2. The molecule has 0 aliphatic heterocycles. The highest BCUT2D eigenvalue weighted by Crippen LogP contribution is 2.29. The summed E-state index contributed by atoms with van der Waals surface area (Å²) in [7, 11) is 0.